The molecule has 0 radical (unpaired) electrons. The minimum Gasteiger partial charge on any atom is -0.451 e. The Bertz CT molecular complexity index is 923. The Morgan fingerprint density at radius 1 is 1.04 bits per heavy atom. The highest BCUT2D eigenvalue weighted by Crippen LogP contribution is 2.28. The summed E-state index contributed by atoms with van der Waals surface area (Å²) < 4.78 is 5.26. The van der Waals surface area contributed by atoms with E-state index in [2.05, 4.69) is 4.98 Å². The van der Waals surface area contributed by atoms with E-state index in [9.17, 15) is 9.59 Å². The molecular weight excluding hydrogens is 360 g/mol. The van der Waals surface area contributed by atoms with Crippen molar-refractivity contribution in [3.63, 3.8) is 0 Å². The highest BCUT2D eigenvalue weighted by atomic mass is 32.1. The first-order valence-corrected chi connectivity index (χ1v) is 9.47. The van der Waals surface area contributed by atoms with Crippen LogP contribution in [0.15, 0.2) is 60.7 Å². The minimum atomic E-state index is -0.523. The molecule has 1 aromatic heterocycles. The van der Waals surface area contributed by atoms with Gasteiger partial charge in [0.05, 0.1) is 5.69 Å². The number of nitrogens with zero attached hydrogens (tertiary/aromatic N) is 2. The topological polar surface area (TPSA) is 59.5 Å². The molecule has 0 N–H and O–H groups in total. The van der Waals surface area contributed by atoms with Crippen LogP contribution in [-0.2, 0) is 9.53 Å². The maximum atomic E-state index is 12.5. The van der Waals surface area contributed by atoms with E-state index in [1.54, 1.807) is 11.8 Å². The lowest BCUT2D eigenvalue weighted by molar-refractivity contribution is -0.121. The molecule has 2 aromatic carbocycles. The van der Waals surface area contributed by atoms with Gasteiger partial charge < -0.3 is 9.64 Å². The van der Waals surface area contributed by atoms with E-state index in [1.807, 2.05) is 67.6 Å². The highest BCUT2D eigenvalue weighted by Gasteiger charge is 2.20. The number of carbonyl (C=O) groups excluding carboxylic acids is 2. The molecule has 0 saturated carbocycles. The summed E-state index contributed by atoms with van der Waals surface area (Å²) in [5.41, 5.74) is 2.33. The van der Waals surface area contributed by atoms with Gasteiger partial charge in [0.2, 0.25) is 0 Å². The molecule has 1 heterocycles. The number of rotatable bonds is 6. The van der Waals surface area contributed by atoms with E-state index in [4.69, 9.17) is 4.74 Å². The zero-order valence-corrected chi connectivity index (χ0v) is 16.0. The Morgan fingerprint density at radius 3 is 2.30 bits per heavy atom. The van der Waals surface area contributed by atoms with Crippen molar-refractivity contribution in [2.45, 2.75) is 13.8 Å². The molecule has 0 aliphatic heterocycles. The fourth-order valence-corrected chi connectivity index (χ4v) is 3.64. The Kier molecular flexibility index (Phi) is 5.98. The van der Waals surface area contributed by atoms with Gasteiger partial charge in [-0.15, -0.1) is 11.3 Å². The predicted octanol–water partition coefficient (Wildman–Crippen LogP) is 4.33. The SMILES string of the molecule is CCN(C(=O)COC(=O)c1sc(-c2ccccc2)nc1C)c1ccccc1. The Labute approximate surface area is 162 Å². The smallest absolute Gasteiger partial charge is 0.350 e. The van der Waals surface area contributed by atoms with Crippen molar-refractivity contribution in [1.82, 2.24) is 4.98 Å². The molecular formula is C21H20N2O3S. The summed E-state index contributed by atoms with van der Waals surface area (Å²) >= 11 is 1.27. The summed E-state index contributed by atoms with van der Waals surface area (Å²) in [6.45, 7) is 3.84. The van der Waals surface area contributed by atoms with E-state index in [0.29, 0.717) is 17.1 Å². The third kappa shape index (κ3) is 4.41. The number of ether oxygens (including phenoxy) is 1. The van der Waals surface area contributed by atoms with Gasteiger partial charge in [-0.1, -0.05) is 48.5 Å². The van der Waals surface area contributed by atoms with Crippen molar-refractivity contribution in [1.29, 1.82) is 0 Å². The second-order valence-electron chi connectivity index (χ2n) is 5.85. The number of hydrogen-bond acceptors (Lipinski definition) is 5. The molecule has 0 bridgehead atoms. The molecule has 0 saturated heterocycles. The monoisotopic (exact) mass is 380 g/mol. The number of aryl methyl sites for hydroxylation is 1. The normalized spacial score (nSPS) is 10.4. The number of benzene rings is 2. The van der Waals surface area contributed by atoms with Gasteiger partial charge in [-0.25, -0.2) is 9.78 Å². The third-order valence-electron chi connectivity index (χ3n) is 4.01. The molecule has 3 aromatic rings. The Morgan fingerprint density at radius 2 is 1.67 bits per heavy atom. The summed E-state index contributed by atoms with van der Waals surface area (Å²) in [4.78, 5) is 31.4. The van der Waals surface area contributed by atoms with Crippen molar-refractivity contribution < 1.29 is 14.3 Å². The number of carbonyl (C=O) groups is 2. The molecule has 1 amide bonds. The number of likely N-dealkylation sites (N-methyl/N-ethyl adjacent to an activating group) is 1. The number of hydrogen-bond donors (Lipinski definition) is 0. The van der Waals surface area contributed by atoms with Crippen LogP contribution < -0.4 is 4.90 Å². The van der Waals surface area contributed by atoms with Crippen LogP contribution in [0.4, 0.5) is 5.69 Å². The van der Waals surface area contributed by atoms with Crippen molar-refractivity contribution in [2.24, 2.45) is 0 Å². The second kappa shape index (κ2) is 8.60. The largest absolute Gasteiger partial charge is 0.451 e. The molecule has 0 fully saturated rings. The number of amides is 1. The van der Waals surface area contributed by atoms with E-state index in [1.165, 1.54) is 11.3 Å². The molecule has 0 unspecified atom stereocenters. The maximum Gasteiger partial charge on any atom is 0.350 e. The maximum absolute atomic E-state index is 12.5. The average molecular weight is 380 g/mol. The van der Waals surface area contributed by atoms with Crippen molar-refractivity contribution in [3.05, 3.63) is 71.2 Å². The molecule has 6 heteroatoms. The Hall–Kier alpha value is -2.99. The molecule has 0 spiro atoms. The van der Waals surface area contributed by atoms with Crippen LogP contribution in [0.5, 0.6) is 0 Å². The quantitative estimate of drug-likeness (QED) is 0.597. The second-order valence-corrected chi connectivity index (χ2v) is 6.85. The van der Waals surface area contributed by atoms with Crippen LogP contribution in [-0.4, -0.2) is 30.0 Å². The lowest BCUT2D eigenvalue weighted by atomic mass is 10.2. The molecule has 0 aliphatic rings. The molecule has 27 heavy (non-hydrogen) atoms. The summed E-state index contributed by atoms with van der Waals surface area (Å²) in [6.07, 6.45) is 0. The number of para-hydroxylation sites is 1. The van der Waals surface area contributed by atoms with Gasteiger partial charge >= 0.3 is 5.97 Å². The van der Waals surface area contributed by atoms with Gasteiger partial charge in [-0.3, -0.25) is 4.79 Å². The van der Waals surface area contributed by atoms with Gasteiger partial charge in [0.25, 0.3) is 5.91 Å². The van der Waals surface area contributed by atoms with Crippen LogP contribution in [0.1, 0.15) is 22.3 Å². The number of aromatic nitrogens is 1. The fourth-order valence-electron chi connectivity index (χ4n) is 2.67. The van der Waals surface area contributed by atoms with E-state index >= 15 is 0 Å². The first-order chi connectivity index (χ1) is 13.1. The van der Waals surface area contributed by atoms with E-state index in [-0.39, 0.29) is 12.5 Å². The first kappa shape index (κ1) is 18.8. The highest BCUT2D eigenvalue weighted by molar-refractivity contribution is 7.17. The zero-order valence-electron chi connectivity index (χ0n) is 15.2. The lowest BCUT2D eigenvalue weighted by Crippen LogP contribution is -2.34. The van der Waals surface area contributed by atoms with Crippen LogP contribution in [0.2, 0.25) is 0 Å². The molecule has 5 nitrogen and oxygen atoms in total. The van der Waals surface area contributed by atoms with Gasteiger partial charge in [-0.05, 0) is 26.0 Å². The fraction of sp³-hybridized carbons (Fsp3) is 0.190. The first-order valence-electron chi connectivity index (χ1n) is 8.65. The number of thiazole rings is 1. The van der Waals surface area contributed by atoms with Gasteiger partial charge in [0, 0.05) is 17.8 Å². The molecule has 0 atom stereocenters. The Balaban J connectivity index is 1.67. The third-order valence-corrected chi connectivity index (χ3v) is 5.20. The van der Waals surface area contributed by atoms with Crippen LogP contribution in [0, 0.1) is 6.92 Å². The van der Waals surface area contributed by atoms with Gasteiger partial charge in [0.15, 0.2) is 6.61 Å². The van der Waals surface area contributed by atoms with Crippen LogP contribution in [0.25, 0.3) is 10.6 Å². The number of esters is 1. The average Bonchev–Trinajstić information content (AvgIpc) is 3.10. The van der Waals surface area contributed by atoms with Crippen molar-refractivity contribution in [3.8, 4) is 10.6 Å². The molecule has 138 valence electrons. The molecule has 0 aliphatic carbocycles. The summed E-state index contributed by atoms with van der Waals surface area (Å²) in [5, 5.41) is 0.755. The number of anilines is 1. The predicted molar refractivity (Wildman–Crippen MR) is 107 cm³/mol. The van der Waals surface area contributed by atoms with Crippen molar-refractivity contribution in [2.75, 3.05) is 18.1 Å². The van der Waals surface area contributed by atoms with Gasteiger partial charge in [-0.2, -0.15) is 0 Å². The van der Waals surface area contributed by atoms with Crippen molar-refractivity contribution >= 4 is 28.9 Å². The van der Waals surface area contributed by atoms with Gasteiger partial charge in [0.1, 0.15) is 9.88 Å². The summed E-state index contributed by atoms with van der Waals surface area (Å²) in [6, 6.07) is 19.0. The summed E-state index contributed by atoms with van der Waals surface area (Å²) in [7, 11) is 0. The van der Waals surface area contributed by atoms with Crippen LogP contribution in [0.3, 0.4) is 0 Å². The zero-order chi connectivity index (χ0) is 19.2. The van der Waals surface area contributed by atoms with E-state index < -0.39 is 5.97 Å². The lowest BCUT2D eigenvalue weighted by Gasteiger charge is -2.20. The standard InChI is InChI=1S/C21H20N2O3S/c1-3-23(17-12-8-5-9-13-17)18(24)14-26-21(25)19-15(2)22-20(27-19)16-10-6-4-7-11-16/h4-13H,3,14H2,1-2H3. The summed E-state index contributed by atoms with van der Waals surface area (Å²) in [5.74, 6) is -0.785. The van der Waals surface area contributed by atoms with Crippen LogP contribution >= 0.6 is 11.3 Å². The minimum absolute atomic E-state index is 0.262. The van der Waals surface area contributed by atoms with E-state index in [0.717, 1.165) is 16.3 Å². The molecule has 3 rings (SSSR count).